The molecule has 0 aliphatic heterocycles. The highest BCUT2D eigenvalue weighted by Crippen LogP contribution is 2.21. The van der Waals surface area contributed by atoms with Crippen LogP contribution in [0.25, 0.3) is 10.8 Å². The minimum Gasteiger partial charge on any atom is -0.481 e. The Kier molecular flexibility index (Phi) is 6.93. The van der Waals surface area contributed by atoms with Crippen LogP contribution < -0.4 is 15.6 Å². The molecule has 2 N–H and O–H groups in total. The third-order valence-corrected chi connectivity index (χ3v) is 4.47. The molecule has 1 unspecified atom stereocenters. The van der Waals surface area contributed by atoms with Gasteiger partial charge in [0.05, 0.1) is 5.75 Å². The molecule has 0 spiro atoms. The van der Waals surface area contributed by atoms with Gasteiger partial charge in [0.2, 0.25) is 5.91 Å². The van der Waals surface area contributed by atoms with E-state index in [1.54, 1.807) is 6.92 Å². The first-order chi connectivity index (χ1) is 11.6. The van der Waals surface area contributed by atoms with Gasteiger partial charge in [-0.15, -0.1) is 0 Å². The Labute approximate surface area is 146 Å². The Hall–Kier alpha value is -2.21. The highest BCUT2D eigenvalue weighted by molar-refractivity contribution is 7.99. The molecule has 24 heavy (non-hydrogen) atoms. The van der Waals surface area contributed by atoms with E-state index >= 15 is 0 Å². The van der Waals surface area contributed by atoms with Gasteiger partial charge in [-0.3, -0.25) is 20.4 Å². The summed E-state index contributed by atoms with van der Waals surface area (Å²) in [5.74, 6) is 1.24. The van der Waals surface area contributed by atoms with E-state index in [-0.39, 0.29) is 5.91 Å². The number of rotatable bonds is 7. The first-order valence-corrected chi connectivity index (χ1v) is 9.07. The second-order valence-corrected chi connectivity index (χ2v) is 6.46. The number of fused-ring (bicyclic) bond motifs is 1. The number of benzene rings is 2. The zero-order valence-electron chi connectivity index (χ0n) is 13.9. The average molecular weight is 346 g/mol. The van der Waals surface area contributed by atoms with Crippen LogP contribution in [0.1, 0.15) is 20.3 Å². The molecule has 0 saturated carbocycles. The van der Waals surface area contributed by atoms with Crippen molar-refractivity contribution in [3.8, 4) is 5.75 Å². The number of hydrogen-bond donors (Lipinski definition) is 2. The summed E-state index contributed by atoms with van der Waals surface area (Å²) in [5, 5.41) is 2.16. The fourth-order valence-corrected chi connectivity index (χ4v) is 2.77. The van der Waals surface area contributed by atoms with Gasteiger partial charge in [0, 0.05) is 0 Å². The van der Waals surface area contributed by atoms with Crippen molar-refractivity contribution >= 4 is 34.3 Å². The van der Waals surface area contributed by atoms with Gasteiger partial charge in [0.1, 0.15) is 5.75 Å². The number of carbonyl (C=O) groups excluding carboxylic acids is 2. The Balaban J connectivity index is 1.83. The molecule has 0 radical (unpaired) electrons. The van der Waals surface area contributed by atoms with Gasteiger partial charge in [-0.25, -0.2) is 0 Å². The molecule has 2 amide bonds. The molecule has 0 bridgehead atoms. The number of amides is 2. The monoisotopic (exact) mass is 346 g/mol. The quantitative estimate of drug-likeness (QED) is 0.597. The van der Waals surface area contributed by atoms with Gasteiger partial charge in [-0.2, -0.15) is 11.8 Å². The maximum atomic E-state index is 12.0. The van der Waals surface area contributed by atoms with Crippen LogP contribution in [0.4, 0.5) is 0 Å². The molecular formula is C18H22N2O3S. The summed E-state index contributed by atoms with van der Waals surface area (Å²) < 4.78 is 5.65. The van der Waals surface area contributed by atoms with Crippen molar-refractivity contribution < 1.29 is 14.3 Å². The summed E-state index contributed by atoms with van der Waals surface area (Å²) in [6, 6.07) is 13.6. The van der Waals surface area contributed by atoms with E-state index < -0.39 is 12.0 Å². The predicted molar refractivity (Wildman–Crippen MR) is 97.9 cm³/mol. The summed E-state index contributed by atoms with van der Waals surface area (Å²) in [6.45, 7) is 3.70. The van der Waals surface area contributed by atoms with Crippen molar-refractivity contribution in [2.24, 2.45) is 0 Å². The minimum absolute atomic E-state index is 0.222. The first-order valence-electron chi connectivity index (χ1n) is 7.92. The van der Waals surface area contributed by atoms with Crippen LogP contribution in [0.2, 0.25) is 0 Å². The normalized spacial score (nSPS) is 11.8. The van der Waals surface area contributed by atoms with Crippen molar-refractivity contribution in [3.63, 3.8) is 0 Å². The van der Waals surface area contributed by atoms with Crippen LogP contribution >= 0.6 is 11.8 Å². The van der Waals surface area contributed by atoms with Crippen molar-refractivity contribution in [1.29, 1.82) is 0 Å². The van der Waals surface area contributed by atoms with Crippen molar-refractivity contribution in [1.82, 2.24) is 10.9 Å². The van der Waals surface area contributed by atoms with Crippen LogP contribution in [0.3, 0.4) is 0 Å². The van der Waals surface area contributed by atoms with Gasteiger partial charge in [-0.05, 0) is 42.0 Å². The average Bonchev–Trinajstić information content (AvgIpc) is 2.59. The Morgan fingerprint density at radius 2 is 1.88 bits per heavy atom. The Morgan fingerprint density at radius 1 is 1.12 bits per heavy atom. The lowest BCUT2D eigenvalue weighted by Gasteiger charge is -2.15. The van der Waals surface area contributed by atoms with Crippen LogP contribution in [-0.2, 0) is 9.59 Å². The zero-order chi connectivity index (χ0) is 17.4. The molecule has 2 aromatic rings. The molecule has 128 valence electrons. The van der Waals surface area contributed by atoms with E-state index in [1.807, 2.05) is 42.5 Å². The maximum Gasteiger partial charge on any atom is 0.279 e. The number of hydrazine groups is 1. The molecule has 0 aliphatic carbocycles. The van der Waals surface area contributed by atoms with Gasteiger partial charge in [-0.1, -0.05) is 37.3 Å². The second kappa shape index (κ2) is 9.17. The van der Waals surface area contributed by atoms with Crippen LogP contribution in [0.5, 0.6) is 5.75 Å². The van der Waals surface area contributed by atoms with Gasteiger partial charge in [0.15, 0.2) is 6.10 Å². The smallest absolute Gasteiger partial charge is 0.279 e. The van der Waals surface area contributed by atoms with Crippen LogP contribution in [0.15, 0.2) is 42.5 Å². The summed E-state index contributed by atoms with van der Waals surface area (Å²) >= 11 is 1.53. The van der Waals surface area contributed by atoms with E-state index in [0.717, 1.165) is 22.9 Å². The van der Waals surface area contributed by atoms with Gasteiger partial charge in [0.25, 0.3) is 5.91 Å². The summed E-state index contributed by atoms with van der Waals surface area (Å²) in [5.41, 5.74) is 4.79. The number of hydrogen-bond acceptors (Lipinski definition) is 4. The lowest BCUT2D eigenvalue weighted by atomic mass is 10.1. The number of nitrogens with one attached hydrogen (secondary N) is 2. The van der Waals surface area contributed by atoms with E-state index in [0.29, 0.717) is 11.5 Å². The molecule has 1 atom stereocenters. The maximum absolute atomic E-state index is 12.0. The molecule has 0 saturated heterocycles. The third kappa shape index (κ3) is 5.45. The summed E-state index contributed by atoms with van der Waals surface area (Å²) in [4.78, 5) is 23.5. The highest BCUT2D eigenvalue weighted by atomic mass is 32.2. The van der Waals surface area contributed by atoms with Crippen molar-refractivity contribution in [2.75, 3.05) is 11.5 Å². The van der Waals surface area contributed by atoms with Crippen LogP contribution in [-0.4, -0.2) is 29.4 Å². The molecule has 0 heterocycles. The second-order valence-electron chi connectivity index (χ2n) is 5.36. The largest absolute Gasteiger partial charge is 0.481 e. The fraction of sp³-hybridized carbons (Fsp3) is 0.333. The topological polar surface area (TPSA) is 67.4 Å². The van der Waals surface area contributed by atoms with E-state index in [1.165, 1.54) is 11.8 Å². The molecule has 0 fully saturated rings. The summed E-state index contributed by atoms with van der Waals surface area (Å²) in [7, 11) is 0. The number of carbonyl (C=O) groups is 2. The minimum atomic E-state index is -0.713. The molecular weight excluding hydrogens is 324 g/mol. The van der Waals surface area contributed by atoms with E-state index in [9.17, 15) is 9.59 Å². The van der Waals surface area contributed by atoms with E-state index in [2.05, 4.69) is 17.8 Å². The summed E-state index contributed by atoms with van der Waals surface area (Å²) in [6.07, 6.45) is 0.302. The molecule has 2 rings (SSSR count). The van der Waals surface area contributed by atoms with Gasteiger partial charge < -0.3 is 4.74 Å². The van der Waals surface area contributed by atoms with Crippen molar-refractivity contribution in [3.05, 3.63) is 42.5 Å². The third-order valence-electron chi connectivity index (χ3n) is 3.31. The molecule has 2 aromatic carbocycles. The zero-order valence-corrected chi connectivity index (χ0v) is 14.7. The highest BCUT2D eigenvalue weighted by Gasteiger charge is 2.15. The first kappa shape index (κ1) is 18.1. The number of ether oxygens (including phenoxy) is 1. The SMILES string of the molecule is CCCSCC(=O)NNC(=O)C(C)Oc1ccc2ccccc2c1. The van der Waals surface area contributed by atoms with Gasteiger partial charge >= 0.3 is 0 Å². The molecule has 0 aromatic heterocycles. The lowest BCUT2D eigenvalue weighted by Crippen LogP contribution is -2.47. The lowest BCUT2D eigenvalue weighted by molar-refractivity contribution is -0.131. The Morgan fingerprint density at radius 3 is 2.62 bits per heavy atom. The standard InChI is InChI=1S/C18H22N2O3S/c1-3-10-24-12-17(21)19-20-18(22)13(2)23-16-9-8-14-6-4-5-7-15(14)11-16/h4-9,11,13H,3,10,12H2,1-2H3,(H,19,21)(H,20,22). The predicted octanol–water partition coefficient (Wildman–Crippen LogP) is 2.90. The molecule has 0 aliphatic rings. The van der Waals surface area contributed by atoms with Crippen LogP contribution in [0, 0.1) is 0 Å². The van der Waals surface area contributed by atoms with E-state index in [4.69, 9.17) is 4.74 Å². The Bertz CT molecular complexity index is 705. The van der Waals surface area contributed by atoms with Crippen molar-refractivity contribution in [2.45, 2.75) is 26.4 Å². The fourth-order valence-electron chi connectivity index (χ4n) is 2.08. The molecule has 6 heteroatoms. The number of thioether (sulfide) groups is 1. The molecule has 5 nitrogen and oxygen atoms in total.